The minimum absolute atomic E-state index is 0.0572. The Morgan fingerprint density at radius 2 is 1.78 bits per heavy atom. The quantitative estimate of drug-likeness (QED) is 0.570. The zero-order chi connectivity index (χ0) is 24.1. The van der Waals surface area contributed by atoms with E-state index < -0.39 is 28.5 Å². The Balaban J connectivity index is 2.48. The van der Waals surface area contributed by atoms with Crippen molar-refractivity contribution in [3.05, 3.63) is 63.6 Å². The van der Waals surface area contributed by atoms with E-state index >= 15 is 0 Å². The molecule has 7 nitrogen and oxygen atoms in total. The van der Waals surface area contributed by atoms with Crippen LogP contribution in [0.4, 0.5) is 5.69 Å². The fourth-order valence-electron chi connectivity index (χ4n) is 3.39. The number of carbonyl (C=O) groups excluding carboxylic acids is 2. The summed E-state index contributed by atoms with van der Waals surface area (Å²) in [5.41, 5.74) is 1.60. The first-order valence-electron chi connectivity index (χ1n) is 9.97. The maximum absolute atomic E-state index is 13.5. The Morgan fingerprint density at radius 3 is 2.31 bits per heavy atom. The number of halogens is 2. The molecule has 0 saturated carbocycles. The molecule has 1 N–H and O–H groups in total. The molecule has 0 aliphatic carbocycles. The van der Waals surface area contributed by atoms with E-state index in [0.717, 1.165) is 10.6 Å². The van der Waals surface area contributed by atoms with Gasteiger partial charge in [0.05, 0.1) is 11.9 Å². The highest BCUT2D eigenvalue weighted by Gasteiger charge is 2.32. The van der Waals surface area contributed by atoms with Crippen molar-refractivity contribution in [3.63, 3.8) is 0 Å². The number of hydrogen-bond donors (Lipinski definition) is 1. The number of amides is 2. The van der Waals surface area contributed by atoms with Crippen LogP contribution >= 0.6 is 23.2 Å². The van der Waals surface area contributed by atoms with Crippen LogP contribution in [0, 0.1) is 6.92 Å². The zero-order valence-corrected chi connectivity index (χ0v) is 20.8. The SMILES string of the molecule is CC[C@@H](C(=O)NC)N(Cc1ccccc1Cl)C(=O)CN(c1ccc(Cl)cc1C)S(C)(=O)=O. The van der Waals surface area contributed by atoms with Crippen LogP contribution in [0.1, 0.15) is 24.5 Å². The lowest BCUT2D eigenvalue weighted by atomic mass is 10.1. The van der Waals surface area contributed by atoms with Crippen LogP contribution in [-0.2, 0) is 26.2 Å². The average Bonchev–Trinajstić information content (AvgIpc) is 2.72. The third-order valence-corrected chi connectivity index (χ3v) is 6.77. The summed E-state index contributed by atoms with van der Waals surface area (Å²) in [7, 11) is -2.32. The number of likely N-dealkylation sites (N-methyl/N-ethyl adjacent to an activating group) is 1. The molecule has 0 heterocycles. The lowest BCUT2D eigenvalue weighted by Gasteiger charge is -2.33. The standard InChI is InChI=1S/C22H27Cl2N3O4S/c1-5-19(22(29)25-3)26(13-16-8-6-7-9-18(16)24)21(28)14-27(32(4,30)31)20-11-10-17(23)12-15(20)2/h6-12,19H,5,13-14H2,1-4H3,(H,25,29)/t19-/m0/s1. The summed E-state index contributed by atoms with van der Waals surface area (Å²) in [6.45, 7) is 3.08. The van der Waals surface area contributed by atoms with Gasteiger partial charge in [-0.25, -0.2) is 8.42 Å². The Morgan fingerprint density at radius 1 is 1.12 bits per heavy atom. The van der Waals surface area contributed by atoms with Gasteiger partial charge in [0.15, 0.2) is 0 Å². The molecule has 174 valence electrons. The molecule has 2 aromatic rings. The van der Waals surface area contributed by atoms with Crippen LogP contribution in [0.15, 0.2) is 42.5 Å². The van der Waals surface area contributed by atoms with Crippen LogP contribution in [0.5, 0.6) is 0 Å². The Kier molecular flexibility index (Phi) is 8.95. The van der Waals surface area contributed by atoms with Crippen LogP contribution in [0.2, 0.25) is 10.0 Å². The summed E-state index contributed by atoms with van der Waals surface area (Å²) < 4.78 is 26.2. The number of benzene rings is 2. The lowest BCUT2D eigenvalue weighted by molar-refractivity contribution is -0.140. The normalized spacial score (nSPS) is 12.2. The Hall–Kier alpha value is -2.29. The van der Waals surface area contributed by atoms with Crippen LogP contribution in [0.25, 0.3) is 0 Å². The maximum Gasteiger partial charge on any atom is 0.244 e. The number of nitrogens with one attached hydrogen (secondary N) is 1. The van der Waals surface area contributed by atoms with Gasteiger partial charge in [-0.3, -0.25) is 13.9 Å². The highest BCUT2D eigenvalue weighted by atomic mass is 35.5. The van der Waals surface area contributed by atoms with E-state index in [1.807, 2.05) is 0 Å². The summed E-state index contributed by atoms with van der Waals surface area (Å²) >= 11 is 12.3. The number of aryl methyl sites for hydroxylation is 1. The number of anilines is 1. The van der Waals surface area contributed by atoms with E-state index in [0.29, 0.717) is 33.3 Å². The van der Waals surface area contributed by atoms with Crippen LogP contribution in [0.3, 0.4) is 0 Å². The lowest BCUT2D eigenvalue weighted by Crippen LogP contribution is -2.51. The smallest absolute Gasteiger partial charge is 0.244 e. The highest BCUT2D eigenvalue weighted by molar-refractivity contribution is 7.92. The maximum atomic E-state index is 13.5. The van der Waals surface area contributed by atoms with Gasteiger partial charge in [-0.05, 0) is 48.7 Å². The molecule has 0 aromatic heterocycles. The largest absolute Gasteiger partial charge is 0.357 e. The molecule has 32 heavy (non-hydrogen) atoms. The monoisotopic (exact) mass is 499 g/mol. The molecule has 0 aliphatic rings. The number of nitrogens with zero attached hydrogens (tertiary/aromatic N) is 2. The number of carbonyl (C=O) groups is 2. The van der Waals surface area contributed by atoms with Gasteiger partial charge in [-0.2, -0.15) is 0 Å². The Labute approximate surface area is 199 Å². The van der Waals surface area contributed by atoms with E-state index in [-0.39, 0.29) is 12.5 Å². The Bertz CT molecular complexity index is 1090. The molecule has 0 saturated heterocycles. The van der Waals surface area contributed by atoms with Gasteiger partial charge < -0.3 is 10.2 Å². The van der Waals surface area contributed by atoms with Gasteiger partial charge >= 0.3 is 0 Å². The molecule has 0 unspecified atom stereocenters. The van der Waals surface area contributed by atoms with Gasteiger partial charge in [0.1, 0.15) is 12.6 Å². The van der Waals surface area contributed by atoms with Crippen molar-refractivity contribution in [2.75, 3.05) is 24.2 Å². The first-order chi connectivity index (χ1) is 15.0. The minimum atomic E-state index is -3.81. The first kappa shape index (κ1) is 26.0. The van der Waals surface area contributed by atoms with E-state index in [2.05, 4.69) is 5.32 Å². The molecule has 0 radical (unpaired) electrons. The van der Waals surface area contributed by atoms with Crippen molar-refractivity contribution in [1.82, 2.24) is 10.2 Å². The van der Waals surface area contributed by atoms with Gasteiger partial charge in [-0.15, -0.1) is 0 Å². The number of hydrogen-bond acceptors (Lipinski definition) is 4. The molecule has 10 heteroatoms. The van der Waals surface area contributed by atoms with Gasteiger partial charge in [-0.1, -0.05) is 48.3 Å². The molecule has 0 fully saturated rings. The van der Waals surface area contributed by atoms with E-state index in [1.165, 1.54) is 11.9 Å². The predicted octanol–water partition coefficient (Wildman–Crippen LogP) is 3.62. The predicted molar refractivity (Wildman–Crippen MR) is 129 cm³/mol. The molecule has 2 amide bonds. The summed E-state index contributed by atoms with van der Waals surface area (Å²) in [6, 6.07) is 11.0. The van der Waals surface area contributed by atoms with E-state index in [4.69, 9.17) is 23.2 Å². The second kappa shape index (κ2) is 11.0. The molecular weight excluding hydrogens is 473 g/mol. The summed E-state index contributed by atoms with van der Waals surface area (Å²) in [6.07, 6.45) is 1.37. The second-order valence-electron chi connectivity index (χ2n) is 7.35. The van der Waals surface area contributed by atoms with Crippen LogP contribution in [-0.4, -0.2) is 51.0 Å². The fraction of sp³-hybridized carbons (Fsp3) is 0.364. The zero-order valence-electron chi connectivity index (χ0n) is 18.4. The topological polar surface area (TPSA) is 86.8 Å². The van der Waals surface area contributed by atoms with E-state index in [9.17, 15) is 18.0 Å². The van der Waals surface area contributed by atoms with Crippen molar-refractivity contribution in [1.29, 1.82) is 0 Å². The van der Waals surface area contributed by atoms with Crippen molar-refractivity contribution in [2.24, 2.45) is 0 Å². The summed E-state index contributed by atoms with van der Waals surface area (Å²) in [4.78, 5) is 27.3. The summed E-state index contributed by atoms with van der Waals surface area (Å²) in [5, 5.41) is 3.48. The third kappa shape index (κ3) is 6.37. The molecule has 0 spiro atoms. The number of sulfonamides is 1. The highest BCUT2D eigenvalue weighted by Crippen LogP contribution is 2.26. The average molecular weight is 500 g/mol. The number of rotatable bonds is 9. The fourth-order valence-corrected chi connectivity index (χ4v) is 4.72. The van der Waals surface area contributed by atoms with Crippen molar-refractivity contribution >= 4 is 50.7 Å². The van der Waals surface area contributed by atoms with Crippen LogP contribution < -0.4 is 9.62 Å². The molecule has 0 bridgehead atoms. The molecule has 1 atom stereocenters. The molecule has 2 aromatic carbocycles. The van der Waals surface area contributed by atoms with Gasteiger partial charge in [0, 0.05) is 23.6 Å². The van der Waals surface area contributed by atoms with Gasteiger partial charge in [0.25, 0.3) is 0 Å². The van der Waals surface area contributed by atoms with Gasteiger partial charge in [0.2, 0.25) is 21.8 Å². The molecular formula is C22H27Cl2N3O4S. The minimum Gasteiger partial charge on any atom is -0.357 e. The second-order valence-corrected chi connectivity index (χ2v) is 10.1. The van der Waals surface area contributed by atoms with Crippen molar-refractivity contribution in [2.45, 2.75) is 32.9 Å². The third-order valence-electron chi connectivity index (χ3n) is 5.04. The van der Waals surface area contributed by atoms with Crippen molar-refractivity contribution < 1.29 is 18.0 Å². The summed E-state index contributed by atoms with van der Waals surface area (Å²) in [5.74, 6) is -0.873. The van der Waals surface area contributed by atoms with Crippen molar-refractivity contribution in [3.8, 4) is 0 Å². The molecule has 2 rings (SSSR count). The van der Waals surface area contributed by atoms with E-state index in [1.54, 1.807) is 56.3 Å². The first-order valence-corrected chi connectivity index (χ1v) is 12.6. The molecule has 0 aliphatic heterocycles.